The lowest BCUT2D eigenvalue weighted by molar-refractivity contribution is -0.111. The highest BCUT2D eigenvalue weighted by Gasteiger charge is 2.27. The normalized spacial score (nSPS) is 15.4. The fraction of sp³-hybridized carbons (Fsp3) is 0.409. The third-order valence-electron chi connectivity index (χ3n) is 5.12. The molecule has 0 bridgehead atoms. The van der Waals surface area contributed by atoms with Gasteiger partial charge >= 0.3 is 6.09 Å². The molecule has 0 radical (unpaired) electrons. The molecule has 0 aliphatic heterocycles. The Morgan fingerprint density at radius 1 is 1.43 bits per heavy atom. The summed E-state index contributed by atoms with van der Waals surface area (Å²) in [4.78, 5) is 27.0. The highest BCUT2D eigenvalue weighted by molar-refractivity contribution is 7.16. The van der Waals surface area contributed by atoms with E-state index in [0.717, 1.165) is 29.7 Å². The minimum Gasteiger partial charge on any atom is -0.465 e. The van der Waals surface area contributed by atoms with E-state index in [1.54, 1.807) is 23.1 Å². The van der Waals surface area contributed by atoms with Crippen LogP contribution in [0.25, 0.3) is 6.08 Å². The Balaban J connectivity index is 1.63. The summed E-state index contributed by atoms with van der Waals surface area (Å²) in [5.74, 6) is 0.481. The first-order valence-electron chi connectivity index (χ1n) is 10.0. The first-order valence-corrected chi connectivity index (χ1v) is 10.9. The summed E-state index contributed by atoms with van der Waals surface area (Å²) in [5, 5.41) is 13.0. The highest BCUT2D eigenvalue weighted by Crippen LogP contribution is 2.39. The van der Waals surface area contributed by atoms with E-state index in [2.05, 4.69) is 11.4 Å². The lowest BCUT2D eigenvalue weighted by Crippen LogP contribution is -2.33. The SMILES string of the molecule is CCN(CC)C(=O)OCC1CCc2c(sc(NC(=O)/C=C/c3ccco3)c2C#N)C1. The highest BCUT2D eigenvalue weighted by atomic mass is 32.1. The van der Waals surface area contributed by atoms with Gasteiger partial charge < -0.3 is 19.4 Å². The number of hydrogen-bond donors (Lipinski definition) is 1. The lowest BCUT2D eigenvalue weighted by atomic mass is 9.88. The van der Waals surface area contributed by atoms with Gasteiger partial charge in [-0.1, -0.05) is 0 Å². The van der Waals surface area contributed by atoms with Gasteiger partial charge in [-0.25, -0.2) is 4.79 Å². The number of thiophene rings is 1. The molecule has 0 saturated heterocycles. The number of furan rings is 1. The molecule has 158 valence electrons. The van der Waals surface area contributed by atoms with Crippen LogP contribution in [0.2, 0.25) is 0 Å². The smallest absolute Gasteiger partial charge is 0.409 e. The number of amides is 2. The molecule has 0 saturated carbocycles. The Labute approximate surface area is 179 Å². The monoisotopic (exact) mass is 427 g/mol. The molecule has 2 aromatic rings. The number of ether oxygens (including phenoxy) is 1. The molecular formula is C22H25N3O4S. The number of anilines is 1. The average Bonchev–Trinajstić information content (AvgIpc) is 3.38. The Hall–Kier alpha value is -3.05. The zero-order chi connectivity index (χ0) is 21.5. The van der Waals surface area contributed by atoms with E-state index in [4.69, 9.17) is 9.15 Å². The van der Waals surface area contributed by atoms with Crippen LogP contribution in [-0.2, 0) is 22.4 Å². The second kappa shape index (κ2) is 10.1. The largest absolute Gasteiger partial charge is 0.465 e. The van der Waals surface area contributed by atoms with Crippen LogP contribution >= 0.6 is 11.3 Å². The first kappa shape index (κ1) is 21.7. The predicted octanol–water partition coefficient (Wildman–Crippen LogP) is 4.45. The summed E-state index contributed by atoms with van der Waals surface area (Å²) in [7, 11) is 0. The van der Waals surface area contributed by atoms with E-state index in [1.165, 1.54) is 23.7 Å². The Morgan fingerprint density at radius 3 is 2.90 bits per heavy atom. The van der Waals surface area contributed by atoms with Crippen molar-refractivity contribution in [2.24, 2.45) is 5.92 Å². The van der Waals surface area contributed by atoms with Crippen LogP contribution in [0.4, 0.5) is 9.80 Å². The topological polar surface area (TPSA) is 95.6 Å². The second-order valence-corrected chi connectivity index (χ2v) is 8.12. The molecular weight excluding hydrogens is 402 g/mol. The molecule has 30 heavy (non-hydrogen) atoms. The maximum Gasteiger partial charge on any atom is 0.409 e. The van der Waals surface area contributed by atoms with Gasteiger partial charge in [-0.3, -0.25) is 4.79 Å². The molecule has 1 unspecified atom stereocenters. The number of nitrogens with zero attached hydrogens (tertiary/aromatic N) is 2. The third kappa shape index (κ3) is 5.10. The van der Waals surface area contributed by atoms with Crippen molar-refractivity contribution in [3.05, 3.63) is 46.2 Å². The zero-order valence-corrected chi connectivity index (χ0v) is 18.0. The van der Waals surface area contributed by atoms with Crippen molar-refractivity contribution < 1.29 is 18.7 Å². The second-order valence-electron chi connectivity index (χ2n) is 7.02. The van der Waals surface area contributed by atoms with Crippen LogP contribution in [0.5, 0.6) is 0 Å². The van der Waals surface area contributed by atoms with Crippen LogP contribution in [0.1, 0.15) is 42.0 Å². The van der Waals surface area contributed by atoms with E-state index in [9.17, 15) is 14.9 Å². The number of carbonyl (C=O) groups excluding carboxylic acids is 2. The number of fused-ring (bicyclic) bond motifs is 1. The van der Waals surface area contributed by atoms with E-state index in [-0.39, 0.29) is 17.9 Å². The molecule has 0 fully saturated rings. The molecule has 1 aliphatic rings. The Bertz CT molecular complexity index is 952. The fourth-order valence-corrected chi connectivity index (χ4v) is 4.78. The molecule has 1 aliphatic carbocycles. The van der Waals surface area contributed by atoms with E-state index in [1.807, 2.05) is 13.8 Å². The maximum absolute atomic E-state index is 12.2. The molecule has 3 rings (SSSR count). The number of nitrogens with one attached hydrogen (secondary N) is 1. The summed E-state index contributed by atoms with van der Waals surface area (Å²) in [5.41, 5.74) is 1.53. The average molecular weight is 428 g/mol. The summed E-state index contributed by atoms with van der Waals surface area (Å²) in [6, 6.07) is 5.73. The van der Waals surface area contributed by atoms with Gasteiger partial charge in [-0.05, 0) is 62.8 Å². The molecule has 1 N–H and O–H groups in total. The summed E-state index contributed by atoms with van der Waals surface area (Å²) < 4.78 is 10.6. The Morgan fingerprint density at radius 2 is 2.23 bits per heavy atom. The number of carbonyl (C=O) groups is 2. The van der Waals surface area contributed by atoms with Crippen LogP contribution in [0, 0.1) is 17.2 Å². The molecule has 0 spiro atoms. The van der Waals surface area contributed by atoms with Crippen LogP contribution < -0.4 is 5.32 Å². The van der Waals surface area contributed by atoms with Gasteiger partial charge in [0.15, 0.2) is 0 Å². The van der Waals surface area contributed by atoms with Crippen molar-refractivity contribution in [3.8, 4) is 6.07 Å². The van der Waals surface area contributed by atoms with Crippen molar-refractivity contribution in [1.29, 1.82) is 5.26 Å². The van der Waals surface area contributed by atoms with Crippen molar-refractivity contribution >= 4 is 34.4 Å². The van der Waals surface area contributed by atoms with E-state index < -0.39 is 0 Å². The lowest BCUT2D eigenvalue weighted by Gasteiger charge is -2.24. The van der Waals surface area contributed by atoms with Crippen molar-refractivity contribution in [3.63, 3.8) is 0 Å². The Kier molecular flexibility index (Phi) is 7.31. The van der Waals surface area contributed by atoms with Gasteiger partial charge in [0.25, 0.3) is 0 Å². The molecule has 7 nitrogen and oxygen atoms in total. The molecule has 2 amide bonds. The van der Waals surface area contributed by atoms with Crippen molar-refractivity contribution in [2.75, 3.05) is 25.0 Å². The van der Waals surface area contributed by atoms with Crippen LogP contribution in [0.15, 0.2) is 28.9 Å². The minimum atomic E-state index is -0.314. The van der Waals surface area contributed by atoms with Crippen LogP contribution in [-0.4, -0.2) is 36.6 Å². The molecule has 8 heteroatoms. The van der Waals surface area contributed by atoms with Crippen LogP contribution in [0.3, 0.4) is 0 Å². The standard InChI is InChI=1S/C22H25N3O4S/c1-3-25(4-2)22(27)29-14-15-7-9-17-18(13-23)21(30-19(17)12-15)24-20(26)10-8-16-6-5-11-28-16/h5-6,8,10-11,15H,3-4,7,9,12,14H2,1-2H3,(H,24,26)/b10-8+. The van der Waals surface area contributed by atoms with E-state index in [0.29, 0.717) is 36.0 Å². The van der Waals surface area contributed by atoms with Gasteiger partial charge in [-0.15, -0.1) is 11.3 Å². The maximum atomic E-state index is 12.2. The number of nitriles is 1. The van der Waals surface area contributed by atoms with Crippen molar-refractivity contribution in [2.45, 2.75) is 33.1 Å². The van der Waals surface area contributed by atoms with Gasteiger partial charge in [0, 0.05) is 24.0 Å². The van der Waals surface area contributed by atoms with E-state index >= 15 is 0 Å². The summed E-state index contributed by atoms with van der Waals surface area (Å²) in [6.45, 7) is 5.46. The van der Waals surface area contributed by atoms with Crippen molar-refractivity contribution in [1.82, 2.24) is 4.90 Å². The number of rotatable bonds is 7. The summed E-state index contributed by atoms with van der Waals surface area (Å²) >= 11 is 1.43. The fourth-order valence-electron chi connectivity index (χ4n) is 3.46. The zero-order valence-electron chi connectivity index (χ0n) is 17.1. The molecule has 2 aromatic heterocycles. The molecule has 1 atom stereocenters. The van der Waals surface area contributed by atoms with Gasteiger partial charge in [-0.2, -0.15) is 5.26 Å². The molecule has 2 heterocycles. The van der Waals surface area contributed by atoms with Gasteiger partial charge in [0.1, 0.15) is 16.8 Å². The third-order valence-corrected chi connectivity index (χ3v) is 6.29. The minimum absolute atomic E-state index is 0.213. The number of hydrogen-bond acceptors (Lipinski definition) is 6. The summed E-state index contributed by atoms with van der Waals surface area (Å²) in [6.07, 6.45) is 6.53. The van der Waals surface area contributed by atoms with Gasteiger partial charge in [0.05, 0.1) is 18.4 Å². The van der Waals surface area contributed by atoms with Gasteiger partial charge in [0.2, 0.25) is 5.91 Å². The molecule has 0 aromatic carbocycles. The predicted molar refractivity (Wildman–Crippen MR) is 115 cm³/mol. The first-order chi connectivity index (χ1) is 14.5. The quantitative estimate of drug-likeness (QED) is 0.659.